The number of benzene rings is 3. The molecule has 0 aliphatic carbocycles. The second kappa shape index (κ2) is 10.9. The number of alkyl halides is 3. The average molecular weight is 578 g/mol. The highest BCUT2D eigenvalue weighted by atomic mass is 32.1. The van der Waals surface area contributed by atoms with Crippen LogP contribution in [0.3, 0.4) is 0 Å². The highest BCUT2D eigenvalue weighted by Crippen LogP contribution is 2.36. The molecule has 0 bridgehead atoms. The Morgan fingerprint density at radius 2 is 1.54 bits per heavy atom. The Kier molecular flexibility index (Phi) is 7.38. The molecule has 1 N–H and O–H groups in total. The van der Waals surface area contributed by atoms with Gasteiger partial charge in [-0.1, -0.05) is 24.3 Å². The average Bonchev–Trinajstić information content (AvgIpc) is 3.19. The van der Waals surface area contributed by atoms with E-state index in [4.69, 9.17) is 21.7 Å². The first-order valence-corrected chi connectivity index (χ1v) is 12.7. The van der Waals surface area contributed by atoms with Gasteiger partial charge in [0.2, 0.25) is 5.88 Å². The quantitative estimate of drug-likeness (QED) is 0.156. The van der Waals surface area contributed by atoms with E-state index in [1.54, 1.807) is 61.1 Å². The lowest BCUT2D eigenvalue weighted by molar-refractivity contribution is -0.137. The van der Waals surface area contributed by atoms with E-state index in [0.29, 0.717) is 28.3 Å². The van der Waals surface area contributed by atoms with Crippen molar-refractivity contribution < 1.29 is 32.2 Å². The molecule has 3 aromatic carbocycles. The molecule has 1 saturated heterocycles. The molecule has 41 heavy (non-hydrogen) atoms. The summed E-state index contributed by atoms with van der Waals surface area (Å²) >= 11 is 5.30. The molecule has 0 saturated carbocycles. The molecular weight excluding hydrogens is 555 g/mol. The normalized spacial score (nSPS) is 14.8. The number of carbonyl (C=O) groups is 2. The minimum Gasteiger partial charge on any atom is -0.457 e. The lowest BCUT2D eigenvalue weighted by Gasteiger charge is -2.29. The van der Waals surface area contributed by atoms with E-state index in [9.17, 15) is 22.8 Å². The van der Waals surface area contributed by atoms with E-state index >= 15 is 0 Å². The first-order chi connectivity index (χ1) is 19.5. The van der Waals surface area contributed by atoms with Gasteiger partial charge in [-0.2, -0.15) is 13.2 Å². The maximum atomic E-state index is 13.6. The smallest absolute Gasteiger partial charge is 0.416 e. The van der Waals surface area contributed by atoms with Gasteiger partial charge < -0.3 is 14.0 Å². The molecule has 0 radical (unpaired) electrons. The van der Waals surface area contributed by atoms with Crippen LogP contribution in [-0.4, -0.2) is 21.5 Å². The molecule has 7 nitrogen and oxygen atoms in total. The third kappa shape index (κ3) is 5.85. The van der Waals surface area contributed by atoms with Crippen molar-refractivity contribution in [2.45, 2.75) is 13.1 Å². The summed E-state index contributed by atoms with van der Waals surface area (Å²) in [5.41, 5.74) is 0.280. The number of para-hydroxylation sites is 1. The molecule has 0 spiro atoms. The number of amides is 2. The van der Waals surface area contributed by atoms with Crippen LogP contribution in [0, 0.1) is 6.92 Å². The van der Waals surface area contributed by atoms with Crippen molar-refractivity contribution in [1.82, 2.24) is 9.88 Å². The van der Waals surface area contributed by atoms with Gasteiger partial charge in [-0.15, -0.1) is 0 Å². The van der Waals surface area contributed by atoms with Crippen LogP contribution in [0.4, 0.5) is 18.9 Å². The maximum absolute atomic E-state index is 13.6. The molecule has 4 aromatic rings. The van der Waals surface area contributed by atoms with Gasteiger partial charge in [0.25, 0.3) is 11.8 Å². The Labute approximate surface area is 238 Å². The van der Waals surface area contributed by atoms with Gasteiger partial charge in [-0.3, -0.25) is 19.8 Å². The van der Waals surface area contributed by atoms with Crippen molar-refractivity contribution >= 4 is 40.9 Å². The zero-order chi connectivity index (χ0) is 29.3. The Morgan fingerprint density at radius 1 is 0.878 bits per heavy atom. The Hall–Kier alpha value is -4.90. The summed E-state index contributed by atoms with van der Waals surface area (Å²) < 4.78 is 52.8. The summed E-state index contributed by atoms with van der Waals surface area (Å²) in [7, 11) is 1.64. The molecular formula is C30H22F3N3O4S. The zero-order valence-corrected chi connectivity index (χ0v) is 22.5. The summed E-state index contributed by atoms with van der Waals surface area (Å²) in [6, 6.07) is 20.2. The van der Waals surface area contributed by atoms with Gasteiger partial charge in [-0.25, -0.2) is 0 Å². The van der Waals surface area contributed by atoms with Gasteiger partial charge in [0.1, 0.15) is 22.8 Å². The number of nitrogens with one attached hydrogen (secondary N) is 1. The summed E-state index contributed by atoms with van der Waals surface area (Å²) in [6.07, 6.45) is -1.53. The van der Waals surface area contributed by atoms with E-state index in [2.05, 4.69) is 5.32 Å². The first kappa shape index (κ1) is 27.7. The molecule has 11 heteroatoms. The molecule has 5 rings (SSSR count). The van der Waals surface area contributed by atoms with Crippen molar-refractivity contribution in [2.24, 2.45) is 7.05 Å². The first-order valence-electron chi connectivity index (χ1n) is 12.3. The third-order valence-corrected chi connectivity index (χ3v) is 6.49. The fourth-order valence-electron chi connectivity index (χ4n) is 4.25. The van der Waals surface area contributed by atoms with Crippen molar-refractivity contribution in [3.8, 4) is 23.1 Å². The Morgan fingerprint density at radius 3 is 2.22 bits per heavy atom. The number of ether oxygens (including phenoxy) is 2. The number of halogens is 3. The van der Waals surface area contributed by atoms with Gasteiger partial charge in [0.05, 0.1) is 11.3 Å². The number of nitrogens with zero attached hydrogens (tertiary/aromatic N) is 2. The molecule has 1 fully saturated rings. The number of aryl methyl sites for hydroxylation is 2. The SMILES string of the molecule is Cc1cn(C)c(Oc2cccc(C(F)(F)F)c2)c1C=C1C(=O)NC(=S)N(c2ccc(Oc3ccccc3)cc2)C1=O. The van der Waals surface area contributed by atoms with Crippen LogP contribution >= 0.6 is 12.2 Å². The third-order valence-electron chi connectivity index (χ3n) is 6.20. The molecule has 0 atom stereocenters. The van der Waals surface area contributed by atoms with Gasteiger partial charge in [0, 0.05) is 18.8 Å². The maximum Gasteiger partial charge on any atom is 0.416 e. The fraction of sp³-hybridized carbons (Fsp3) is 0.100. The molecule has 208 valence electrons. The molecule has 1 aromatic heterocycles. The van der Waals surface area contributed by atoms with E-state index in [1.165, 1.54) is 23.1 Å². The molecule has 1 aliphatic rings. The van der Waals surface area contributed by atoms with Crippen molar-refractivity contribution in [1.29, 1.82) is 0 Å². The number of rotatable bonds is 6. The summed E-state index contributed by atoms with van der Waals surface area (Å²) in [5.74, 6) is -0.120. The zero-order valence-electron chi connectivity index (χ0n) is 21.7. The fourth-order valence-corrected chi connectivity index (χ4v) is 4.53. The van der Waals surface area contributed by atoms with Crippen molar-refractivity contribution in [3.63, 3.8) is 0 Å². The van der Waals surface area contributed by atoms with E-state index in [-0.39, 0.29) is 22.3 Å². The van der Waals surface area contributed by atoms with Crippen LogP contribution in [0.1, 0.15) is 16.7 Å². The predicted octanol–water partition coefficient (Wildman–Crippen LogP) is 6.77. The number of thiocarbonyl (C=S) groups is 1. The monoisotopic (exact) mass is 577 g/mol. The molecule has 0 unspecified atom stereocenters. The lowest BCUT2D eigenvalue weighted by atomic mass is 10.1. The minimum atomic E-state index is -4.55. The Bertz CT molecular complexity index is 1680. The van der Waals surface area contributed by atoms with Gasteiger partial charge in [-0.05, 0) is 85.4 Å². The second-order valence-electron chi connectivity index (χ2n) is 9.14. The molecule has 1 aliphatic heterocycles. The largest absolute Gasteiger partial charge is 0.457 e. The number of hydrogen-bond donors (Lipinski definition) is 1. The van der Waals surface area contributed by atoms with Crippen LogP contribution in [0.25, 0.3) is 6.08 Å². The van der Waals surface area contributed by atoms with Crippen LogP contribution < -0.4 is 19.7 Å². The van der Waals surface area contributed by atoms with Crippen LogP contribution in [0.5, 0.6) is 23.1 Å². The standard InChI is InChI=1S/C30H22F3N3O4S/c1-18-17-35(2)28(40-23-10-6-7-19(15-23)30(31,32)33)24(18)16-25-26(37)34-29(41)36(27(25)38)20-11-13-22(14-12-20)39-21-8-4-3-5-9-21/h3-17H,1-2H3,(H,34,37,41). The van der Waals surface area contributed by atoms with Crippen LogP contribution in [-0.2, 0) is 22.8 Å². The van der Waals surface area contributed by atoms with Crippen LogP contribution in [0.15, 0.2) is 90.6 Å². The van der Waals surface area contributed by atoms with Crippen molar-refractivity contribution in [3.05, 3.63) is 107 Å². The number of carbonyl (C=O) groups excluding carboxylic acids is 2. The molecule has 2 heterocycles. The minimum absolute atomic E-state index is 0.0549. The summed E-state index contributed by atoms with van der Waals surface area (Å²) in [6.45, 7) is 1.73. The number of anilines is 1. The van der Waals surface area contributed by atoms with E-state index < -0.39 is 23.6 Å². The van der Waals surface area contributed by atoms with Crippen molar-refractivity contribution in [2.75, 3.05) is 4.90 Å². The second-order valence-corrected chi connectivity index (χ2v) is 9.52. The van der Waals surface area contributed by atoms with E-state index in [1.807, 2.05) is 18.2 Å². The van der Waals surface area contributed by atoms with E-state index in [0.717, 1.165) is 12.1 Å². The highest BCUT2D eigenvalue weighted by Gasteiger charge is 2.35. The van der Waals surface area contributed by atoms with Crippen LogP contribution in [0.2, 0.25) is 0 Å². The lowest BCUT2D eigenvalue weighted by Crippen LogP contribution is -2.54. The number of hydrogen-bond acceptors (Lipinski definition) is 5. The number of aromatic nitrogens is 1. The van der Waals surface area contributed by atoms with Gasteiger partial charge in [0.15, 0.2) is 5.11 Å². The summed E-state index contributed by atoms with van der Waals surface area (Å²) in [4.78, 5) is 27.6. The molecule has 2 amide bonds. The topological polar surface area (TPSA) is 72.8 Å². The predicted molar refractivity (Wildman–Crippen MR) is 151 cm³/mol. The summed E-state index contributed by atoms with van der Waals surface area (Å²) in [5, 5.41) is 2.43. The highest BCUT2D eigenvalue weighted by molar-refractivity contribution is 7.80. The van der Waals surface area contributed by atoms with Gasteiger partial charge >= 0.3 is 6.18 Å². The Balaban J connectivity index is 1.45.